The molecule has 0 aliphatic carbocycles. The highest BCUT2D eigenvalue weighted by atomic mass is 35.5. The normalized spacial score (nSPS) is 23.4. The summed E-state index contributed by atoms with van der Waals surface area (Å²) in [6.07, 6.45) is 5.10. The maximum atomic E-state index is 12.6. The van der Waals surface area contributed by atoms with Crippen molar-refractivity contribution in [1.82, 2.24) is 14.7 Å². The second-order valence-electron chi connectivity index (χ2n) is 8.45. The predicted molar refractivity (Wildman–Crippen MR) is 124 cm³/mol. The number of hydrogen-bond donors (Lipinski definition) is 1. The molecule has 6 nitrogen and oxygen atoms in total. The number of halogens is 2. The Labute approximate surface area is 194 Å². The molecule has 2 aliphatic rings. The minimum absolute atomic E-state index is 0.103. The van der Waals surface area contributed by atoms with Gasteiger partial charge in [0.25, 0.3) is 0 Å². The number of rotatable bonds is 6. The number of amides is 2. The zero-order valence-corrected chi connectivity index (χ0v) is 19.5. The molecule has 0 bridgehead atoms. The van der Waals surface area contributed by atoms with Gasteiger partial charge in [0.15, 0.2) is 0 Å². The summed E-state index contributed by atoms with van der Waals surface area (Å²) in [4.78, 5) is 31.1. The third kappa shape index (κ3) is 6.94. The number of carbonyl (C=O) groups excluding carboxylic acids is 2. The van der Waals surface area contributed by atoms with E-state index in [1.807, 2.05) is 4.90 Å². The van der Waals surface area contributed by atoms with Gasteiger partial charge >= 0.3 is 0 Å². The summed E-state index contributed by atoms with van der Waals surface area (Å²) in [6.45, 7) is 7.04. The first-order valence-electron chi connectivity index (χ1n) is 10.9. The molecule has 3 rings (SSSR count). The summed E-state index contributed by atoms with van der Waals surface area (Å²) in [5.41, 5.74) is 0.801. The van der Waals surface area contributed by atoms with Crippen LogP contribution in [0.15, 0.2) is 24.3 Å². The van der Waals surface area contributed by atoms with Crippen LogP contribution in [0.1, 0.15) is 31.7 Å². The number of aliphatic hydroxyl groups excluding tert-OH is 1. The quantitative estimate of drug-likeness (QED) is 0.652. The Bertz CT molecular complexity index is 817. The molecule has 0 aromatic heterocycles. The van der Waals surface area contributed by atoms with Gasteiger partial charge in [-0.25, -0.2) is 0 Å². The van der Waals surface area contributed by atoms with Crippen LogP contribution >= 0.6 is 23.2 Å². The van der Waals surface area contributed by atoms with E-state index in [9.17, 15) is 14.7 Å². The smallest absolute Gasteiger partial charge is 0.246 e. The van der Waals surface area contributed by atoms with Gasteiger partial charge in [-0.3, -0.25) is 9.59 Å². The monoisotopic (exact) mass is 467 g/mol. The summed E-state index contributed by atoms with van der Waals surface area (Å²) in [5.74, 6) is 0.290. The van der Waals surface area contributed by atoms with Crippen LogP contribution in [0.25, 0.3) is 6.08 Å². The summed E-state index contributed by atoms with van der Waals surface area (Å²) < 4.78 is 0. The molecule has 0 radical (unpaired) electrons. The lowest BCUT2D eigenvalue weighted by molar-refractivity contribution is -0.130. The van der Waals surface area contributed by atoms with Crippen molar-refractivity contribution < 1.29 is 14.7 Å². The summed E-state index contributed by atoms with van der Waals surface area (Å²) >= 11 is 11.9. The van der Waals surface area contributed by atoms with Crippen molar-refractivity contribution in [3.63, 3.8) is 0 Å². The lowest BCUT2D eigenvalue weighted by Gasteiger charge is -2.34. The van der Waals surface area contributed by atoms with E-state index in [0.29, 0.717) is 48.6 Å². The molecule has 1 aromatic rings. The van der Waals surface area contributed by atoms with Gasteiger partial charge in [0.05, 0.1) is 16.1 Å². The Morgan fingerprint density at radius 1 is 1.16 bits per heavy atom. The van der Waals surface area contributed by atoms with Crippen LogP contribution in [-0.4, -0.2) is 83.5 Å². The van der Waals surface area contributed by atoms with Gasteiger partial charge in [0.1, 0.15) is 0 Å². The van der Waals surface area contributed by atoms with Gasteiger partial charge < -0.3 is 19.8 Å². The first kappa shape index (κ1) is 24.1. The van der Waals surface area contributed by atoms with Crippen LogP contribution in [0.5, 0.6) is 0 Å². The van der Waals surface area contributed by atoms with E-state index in [0.717, 1.165) is 38.0 Å². The fraction of sp³-hybridized carbons (Fsp3) is 0.565. The van der Waals surface area contributed by atoms with E-state index in [-0.39, 0.29) is 17.9 Å². The molecule has 1 aromatic carbocycles. The lowest BCUT2D eigenvalue weighted by atomic mass is 9.97. The number of carbonyl (C=O) groups is 2. The maximum absolute atomic E-state index is 12.6. The molecule has 2 amide bonds. The standard InChI is InChI=1S/C23H31Cl2N3O3/c1-17-16-26(11-7-21(17)29)9-2-10-27-13-14-28(12-8-23(27)31)22(30)6-4-18-3-5-19(24)20(25)15-18/h3-6,15,17,21,29H,2,7-14,16H2,1H3/b6-4+. The number of piperidine rings is 1. The van der Waals surface area contributed by atoms with Crippen molar-refractivity contribution in [2.24, 2.45) is 5.92 Å². The summed E-state index contributed by atoms with van der Waals surface area (Å²) in [7, 11) is 0. The zero-order valence-electron chi connectivity index (χ0n) is 18.0. The second-order valence-corrected chi connectivity index (χ2v) is 9.26. The third-order valence-electron chi connectivity index (χ3n) is 6.11. The largest absolute Gasteiger partial charge is 0.393 e. The van der Waals surface area contributed by atoms with Gasteiger partial charge in [0.2, 0.25) is 11.8 Å². The number of likely N-dealkylation sites (tertiary alicyclic amines) is 1. The Balaban J connectivity index is 1.45. The molecule has 170 valence electrons. The SMILES string of the molecule is CC1CN(CCCN2CCN(C(=O)/C=C/c3ccc(Cl)c(Cl)c3)CCC2=O)CCC1O. The van der Waals surface area contributed by atoms with Crippen molar-refractivity contribution >= 4 is 41.1 Å². The first-order valence-corrected chi connectivity index (χ1v) is 11.7. The maximum Gasteiger partial charge on any atom is 0.246 e. The van der Waals surface area contributed by atoms with Crippen molar-refractivity contribution in [2.45, 2.75) is 32.3 Å². The molecule has 1 N–H and O–H groups in total. The van der Waals surface area contributed by atoms with Gasteiger partial charge in [-0.1, -0.05) is 36.2 Å². The second kappa shape index (κ2) is 11.3. The molecule has 2 unspecified atom stereocenters. The fourth-order valence-electron chi connectivity index (χ4n) is 4.12. The number of aliphatic hydroxyl groups is 1. The lowest BCUT2D eigenvalue weighted by Crippen LogP contribution is -2.43. The molecule has 2 saturated heterocycles. The molecule has 2 fully saturated rings. The predicted octanol–water partition coefficient (Wildman–Crippen LogP) is 3.16. The Morgan fingerprint density at radius 2 is 1.97 bits per heavy atom. The van der Waals surface area contributed by atoms with Gasteiger partial charge in [-0.15, -0.1) is 0 Å². The minimum atomic E-state index is -0.197. The van der Waals surface area contributed by atoms with Crippen LogP contribution in [-0.2, 0) is 9.59 Å². The molecule has 2 atom stereocenters. The van der Waals surface area contributed by atoms with E-state index in [4.69, 9.17) is 23.2 Å². The average Bonchev–Trinajstić information content (AvgIpc) is 2.93. The molecule has 0 saturated carbocycles. The Hall–Kier alpha value is -1.60. The van der Waals surface area contributed by atoms with E-state index >= 15 is 0 Å². The van der Waals surface area contributed by atoms with Crippen LogP contribution in [0.3, 0.4) is 0 Å². The molecule has 0 spiro atoms. The van der Waals surface area contributed by atoms with Crippen LogP contribution in [0.2, 0.25) is 10.0 Å². The molecule has 31 heavy (non-hydrogen) atoms. The third-order valence-corrected chi connectivity index (χ3v) is 6.85. The highest BCUT2D eigenvalue weighted by Gasteiger charge is 2.25. The van der Waals surface area contributed by atoms with Gasteiger partial charge in [-0.2, -0.15) is 0 Å². The minimum Gasteiger partial charge on any atom is -0.393 e. The van der Waals surface area contributed by atoms with Gasteiger partial charge in [0, 0.05) is 51.8 Å². The van der Waals surface area contributed by atoms with Crippen LogP contribution in [0, 0.1) is 5.92 Å². The average molecular weight is 468 g/mol. The van der Waals surface area contributed by atoms with Gasteiger partial charge in [-0.05, 0) is 49.1 Å². The van der Waals surface area contributed by atoms with Crippen molar-refractivity contribution in [3.05, 3.63) is 39.9 Å². The van der Waals surface area contributed by atoms with Crippen molar-refractivity contribution in [3.8, 4) is 0 Å². The van der Waals surface area contributed by atoms with Crippen molar-refractivity contribution in [1.29, 1.82) is 0 Å². The van der Waals surface area contributed by atoms with Crippen LogP contribution < -0.4 is 0 Å². The number of benzene rings is 1. The topological polar surface area (TPSA) is 64.1 Å². The zero-order chi connectivity index (χ0) is 22.4. The summed E-state index contributed by atoms with van der Waals surface area (Å²) in [6, 6.07) is 5.21. The molecule has 2 aliphatic heterocycles. The van der Waals surface area contributed by atoms with Crippen molar-refractivity contribution in [2.75, 3.05) is 45.8 Å². The van der Waals surface area contributed by atoms with E-state index < -0.39 is 0 Å². The molecule has 2 heterocycles. The van der Waals surface area contributed by atoms with Crippen LogP contribution in [0.4, 0.5) is 0 Å². The Morgan fingerprint density at radius 3 is 2.71 bits per heavy atom. The highest BCUT2D eigenvalue weighted by Crippen LogP contribution is 2.23. The first-order chi connectivity index (χ1) is 14.8. The van der Waals surface area contributed by atoms with E-state index in [1.165, 1.54) is 6.08 Å². The van der Waals surface area contributed by atoms with E-state index in [2.05, 4.69) is 11.8 Å². The molecule has 8 heteroatoms. The highest BCUT2D eigenvalue weighted by molar-refractivity contribution is 6.42. The molecular formula is C23H31Cl2N3O3. The fourth-order valence-corrected chi connectivity index (χ4v) is 4.43. The Kier molecular flexibility index (Phi) is 8.78. The number of hydrogen-bond acceptors (Lipinski definition) is 4. The van der Waals surface area contributed by atoms with E-state index in [1.54, 1.807) is 29.2 Å². The summed E-state index contributed by atoms with van der Waals surface area (Å²) in [5, 5.41) is 10.8. The number of nitrogens with zero attached hydrogens (tertiary/aromatic N) is 3. The molecular weight excluding hydrogens is 437 g/mol.